The van der Waals surface area contributed by atoms with Gasteiger partial charge in [-0.15, -0.1) is 0 Å². The second kappa shape index (κ2) is 8.86. The number of carbonyl (C=O) groups is 2. The van der Waals surface area contributed by atoms with Gasteiger partial charge in [-0.2, -0.15) is 5.26 Å². The SMILES string of the molecule is N#CCc1ccc(NC(=O)CCCOc2ccc3c(c2)CCC(=O)N3)cc1. The molecule has 1 aliphatic rings. The Morgan fingerprint density at radius 1 is 1.19 bits per heavy atom. The number of anilines is 2. The van der Waals surface area contributed by atoms with Crippen molar-refractivity contribution in [3.63, 3.8) is 0 Å². The molecule has 6 heteroatoms. The van der Waals surface area contributed by atoms with E-state index in [1.54, 1.807) is 12.1 Å². The molecule has 138 valence electrons. The average molecular weight is 363 g/mol. The van der Waals surface area contributed by atoms with Crippen LogP contribution in [0.4, 0.5) is 11.4 Å². The Hall–Kier alpha value is -3.33. The Labute approximate surface area is 158 Å². The number of amides is 2. The topological polar surface area (TPSA) is 91.2 Å². The quantitative estimate of drug-likeness (QED) is 0.737. The van der Waals surface area contributed by atoms with Gasteiger partial charge in [-0.05, 0) is 54.3 Å². The van der Waals surface area contributed by atoms with E-state index >= 15 is 0 Å². The van der Waals surface area contributed by atoms with Gasteiger partial charge >= 0.3 is 0 Å². The van der Waals surface area contributed by atoms with Crippen molar-refractivity contribution in [1.29, 1.82) is 5.26 Å². The molecule has 6 nitrogen and oxygen atoms in total. The molecule has 0 saturated carbocycles. The first-order chi connectivity index (χ1) is 13.1. The molecule has 27 heavy (non-hydrogen) atoms. The smallest absolute Gasteiger partial charge is 0.224 e. The Bertz CT molecular complexity index is 869. The van der Waals surface area contributed by atoms with E-state index in [4.69, 9.17) is 10.00 Å². The van der Waals surface area contributed by atoms with Crippen molar-refractivity contribution < 1.29 is 14.3 Å². The predicted octanol–water partition coefficient (Wildman–Crippen LogP) is 3.44. The molecule has 0 unspecified atom stereocenters. The molecule has 1 heterocycles. The Morgan fingerprint density at radius 2 is 2.00 bits per heavy atom. The number of carbonyl (C=O) groups excluding carboxylic acids is 2. The first-order valence-electron chi connectivity index (χ1n) is 8.95. The van der Waals surface area contributed by atoms with Crippen molar-refractivity contribution in [1.82, 2.24) is 0 Å². The molecule has 2 N–H and O–H groups in total. The van der Waals surface area contributed by atoms with Crippen LogP contribution in [0.1, 0.15) is 30.4 Å². The van der Waals surface area contributed by atoms with Crippen LogP contribution in [0, 0.1) is 11.3 Å². The fourth-order valence-corrected chi connectivity index (χ4v) is 2.89. The minimum Gasteiger partial charge on any atom is -0.494 e. The normalized spacial score (nSPS) is 12.5. The van der Waals surface area contributed by atoms with Gasteiger partial charge in [-0.1, -0.05) is 12.1 Å². The lowest BCUT2D eigenvalue weighted by Gasteiger charge is -2.17. The summed E-state index contributed by atoms with van der Waals surface area (Å²) in [5, 5.41) is 14.3. The number of nitrogens with zero attached hydrogens (tertiary/aromatic N) is 1. The van der Waals surface area contributed by atoms with Crippen molar-refractivity contribution in [3.05, 3.63) is 53.6 Å². The van der Waals surface area contributed by atoms with E-state index in [1.807, 2.05) is 30.3 Å². The highest BCUT2D eigenvalue weighted by Crippen LogP contribution is 2.26. The summed E-state index contributed by atoms with van der Waals surface area (Å²) in [6.45, 7) is 0.444. The maximum absolute atomic E-state index is 12.0. The van der Waals surface area contributed by atoms with Gasteiger partial charge in [0.05, 0.1) is 19.1 Å². The Balaban J connectivity index is 1.40. The number of benzene rings is 2. The zero-order valence-electron chi connectivity index (χ0n) is 15.0. The number of nitriles is 1. The lowest BCUT2D eigenvalue weighted by atomic mass is 10.0. The zero-order valence-corrected chi connectivity index (χ0v) is 15.0. The van der Waals surface area contributed by atoms with Crippen LogP contribution in [0.3, 0.4) is 0 Å². The van der Waals surface area contributed by atoms with Crippen LogP contribution in [0.25, 0.3) is 0 Å². The van der Waals surface area contributed by atoms with Crippen LogP contribution in [0.5, 0.6) is 5.75 Å². The first-order valence-corrected chi connectivity index (χ1v) is 8.95. The standard InChI is InChI=1S/C21H21N3O3/c22-12-11-15-3-6-17(7-4-15)23-20(25)2-1-13-27-18-8-9-19-16(14-18)5-10-21(26)24-19/h3-4,6-9,14H,1-2,5,10-11,13H2,(H,23,25)(H,24,26). The van der Waals surface area contributed by atoms with Crippen LogP contribution >= 0.6 is 0 Å². The largest absolute Gasteiger partial charge is 0.494 e. The highest BCUT2D eigenvalue weighted by molar-refractivity contribution is 5.94. The van der Waals surface area contributed by atoms with Crippen LogP contribution < -0.4 is 15.4 Å². The molecule has 2 aromatic carbocycles. The number of nitrogens with one attached hydrogen (secondary N) is 2. The summed E-state index contributed by atoms with van der Waals surface area (Å²) in [6, 6.07) is 15.0. The summed E-state index contributed by atoms with van der Waals surface area (Å²) in [6.07, 6.45) is 2.54. The fourth-order valence-electron chi connectivity index (χ4n) is 2.89. The van der Waals surface area contributed by atoms with Gasteiger partial charge in [-0.25, -0.2) is 0 Å². The van der Waals surface area contributed by atoms with Gasteiger partial charge in [0.2, 0.25) is 11.8 Å². The molecule has 2 aromatic rings. The Kier molecular flexibility index (Phi) is 6.06. The molecule has 0 bridgehead atoms. The summed E-state index contributed by atoms with van der Waals surface area (Å²) < 4.78 is 5.72. The van der Waals surface area contributed by atoms with E-state index in [0.29, 0.717) is 38.7 Å². The van der Waals surface area contributed by atoms with Crippen molar-refractivity contribution in [2.75, 3.05) is 17.2 Å². The van der Waals surface area contributed by atoms with Crippen LogP contribution in [0.15, 0.2) is 42.5 Å². The fraction of sp³-hybridized carbons (Fsp3) is 0.286. The van der Waals surface area contributed by atoms with Gasteiger partial charge in [0.15, 0.2) is 0 Å². The maximum atomic E-state index is 12.0. The van der Waals surface area contributed by atoms with Crippen molar-refractivity contribution >= 4 is 23.2 Å². The van der Waals surface area contributed by atoms with E-state index in [0.717, 1.165) is 28.3 Å². The van der Waals surface area contributed by atoms with Crippen molar-refractivity contribution in [2.45, 2.75) is 32.1 Å². The summed E-state index contributed by atoms with van der Waals surface area (Å²) in [5.74, 6) is 0.722. The highest BCUT2D eigenvalue weighted by Gasteiger charge is 2.15. The van der Waals surface area contributed by atoms with Gasteiger partial charge in [0, 0.05) is 24.2 Å². The zero-order chi connectivity index (χ0) is 19.1. The third-order valence-electron chi connectivity index (χ3n) is 4.31. The van der Waals surface area contributed by atoms with E-state index in [2.05, 4.69) is 16.7 Å². The van der Waals surface area contributed by atoms with E-state index in [1.165, 1.54) is 0 Å². The van der Waals surface area contributed by atoms with Gasteiger partial charge in [-0.3, -0.25) is 9.59 Å². The van der Waals surface area contributed by atoms with Crippen molar-refractivity contribution in [3.8, 4) is 11.8 Å². The number of ether oxygens (including phenoxy) is 1. The summed E-state index contributed by atoms with van der Waals surface area (Å²) in [5.41, 5.74) is 3.57. The van der Waals surface area contributed by atoms with Crippen molar-refractivity contribution in [2.24, 2.45) is 0 Å². The van der Waals surface area contributed by atoms with Gasteiger partial charge < -0.3 is 15.4 Å². The molecule has 0 fully saturated rings. The highest BCUT2D eigenvalue weighted by atomic mass is 16.5. The molecule has 0 spiro atoms. The minimum atomic E-state index is -0.0696. The molecule has 0 radical (unpaired) electrons. The van der Waals surface area contributed by atoms with E-state index in [-0.39, 0.29) is 11.8 Å². The maximum Gasteiger partial charge on any atom is 0.224 e. The summed E-state index contributed by atoms with van der Waals surface area (Å²) in [7, 11) is 0. The molecule has 0 saturated heterocycles. The molecule has 1 aliphatic heterocycles. The molecule has 0 aromatic heterocycles. The van der Waals surface area contributed by atoms with Gasteiger partial charge in [0.25, 0.3) is 0 Å². The minimum absolute atomic E-state index is 0.0434. The summed E-state index contributed by atoms with van der Waals surface area (Å²) >= 11 is 0. The second-order valence-corrected chi connectivity index (χ2v) is 6.40. The van der Waals surface area contributed by atoms with Crippen LogP contribution in [0.2, 0.25) is 0 Å². The number of hydrogen-bond donors (Lipinski definition) is 2. The lowest BCUT2D eigenvalue weighted by molar-refractivity contribution is -0.117. The molecule has 3 rings (SSSR count). The van der Waals surface area contributed by atoms with Gasteiger partial charge in [0.1, 0.15) is 5.75 Å². The molecule has 0 atom stereocenters. The number of fused-ring (bicyclic) bond motifs is 1. The number of hydrogen-bond acceptors (Lipinski definition) is 4. The average Bonchev–Trinajstić information content (AvgIpc) is 2.67. The van der Waals surface area contributed by atoms with Crippen LogP contribution in [-0.2, 0) is 22.4 Å². The molecular weight excluding hydrogens is 342 g/mol. The number of aryl methyl sites for hydroxylation is 1. The summed E-state index contributed by atoms with van der Waals surface area (Å²) in [4.78, 5) is 23.4. The Morgan fingerprint density at radius 3 is 2.78 bits per heavy atom. The molecule has 2 amide bonds. The van der Waals surface area contributed by atoms with E-state index < -0.39 is 0 Å². The van der Waals surface area contributed by atoms with E-state index in [9.17, 15) is 9.59 Å². The molecular formula is C21H21N3O3. The first kappa shape index (κ1) is 18.5. The lowest BCUT2D eigenvalue weighted by Crippen LogP contribution is -2.18. The third-order valence-corrected chi connectivity index (χ3v) is 4.31. The predicted molar refractivity (Wildman–Crippen MR) is 103 cm³/mol. The van der Waals surface area contributed by atoms with Crippen LogP contribution in [-0.4, -0.2) is 18.4 Å². The molecule has 0 aliphatic carbocycles. The third kappa shape index (κ3) is 5.32. The number of rotatable bonds is 7. The monoisotopic (exact) mass is 363 g/mol. The second-order valence-electron chi connectivity index (χ2n) is 6.40.